The smallest absolute Gasteiger partial charge is 0.280 e. The van der Waals surface area contributed by atoms with Crippen LogP contribution in [0.1, 0.15) is 28.0 Å². The van der Waals surface area contributed by atoms with Crippen LogP contribution in [0.15, 0.2) is 6.07 Å². The van der Waals surface area contributed by atoms with Crippen molar-refractivity contribution < 1.29 is 18.0 Å². The van der Waals surface area contributed by atoms with Gasteiger partial charge < -0.3 is 5.73 Å². The number of hydrogen-bond acceptors (Lipinski definition) is 3. The zero-order chi connectivity index (χ0) is 10.7. The first-order valence-corrected chi connectivity index (χ1v) is 3.72. The summed E-state index contributed by atoms with van der Waals surface area (Å²) in [6.07, 6.45) is -2.69. The summed E-state index contributed by atoms with van der Waals surface area (Å²) < 4.78 is 37.3. The maximum atomic E-state index is 12.8. The van der Waals surface area contributed by atoms with Crippen LogP contribution in [0, 0.1) is 5.95 Å². The van der Waals surface area contributed by atoms with Crippen LogP contribution >= 0.6 is 0 Å². The van der Waals surface area contributed by atoms with Crippen LogP contribution in [0.2, 0.25) is 0 Å². The lowest BCUT2D eigenvalue weighted by atomic mass is 10.1. The first-order valence-electron chi connectivity index (χ1n) is 3.72. The number of aldehydes is 1. The minimum absolute atomic E-state index is 0.0245. The van der Waals surface area contributed by atoms with E-state index in [0.717, 1.165) is 6.07 Å². The number of carbonyl (C=O) groups excluding carboxylic acids is 1. The van der Waals surface area contributed by atoms with E-state index in [4.69, 9.17) is 5.73 Å². The van der Waals surface area contributed by atoms with E-state index in [1.807, 2.05) is 0 Å². The number of nitrogens with zero attached hydrogens (tertiary/aromatic N) is 1. The standard InChI is InChI=1S/C8H7F3N2O/c9-7(10)6-4(2-12)1-5(3-14)8(11)13-6/h1,3,7H,2,12H2. The molecule has 1 aromatic heterocycles. The van der Waals surface area contributed by atoms with Crippen molar-refractivity contribution in [1.82, 2.24) is 4.98 Å². The SMILES string of the molecule is NCc1cc(C=O)c(F)nc1C(F)F. The predicted molar refractivity (Wildman–Crippen MR) is 42.4 cm³/mol. The lowest BCUT2D eigenvalue weighted by Gasteiger charge is -2.06. The molecule has 6 heteroatoms. The van der Waals surface area contributed by atoms with Gasteiger partial charge in [0, 0.05) is 6.54 Å². The lowest BCUT2D eigenvalue weighted by Crippen LogP contribution is -2.08. The van der Waals surface area contributed by atoms with Gasteiger partial charge in [-0.1, -0.05) is 0 Å². The third kappa shape index (κ3) is 1.90. The molecule has 0 aromatic carbocycles. The number of rotatable bonds is 3. The van der Waals surface area contributed by atoms with Crippen LogP contribution in [0.5, 0.6) is 0 Å². The minimum Gasteiger partial charge on any atom is -0.326 e. The zero-order valence-corrected chi connectivity index (χ0v) is 7.01. The van der Waals surface area contributed by atoms with E-state index in [0.29, 0.717) is 0 Å². The molecule has 76 valence electrons. The van der Waals surface area contributed by atoms with Gasteiger partial charge in [0.05, 0.1) is 5.56 Å². The number of nitrogens with two attached hydrogens (primary N) is 1. The van der Waals surface area contributed by atoms with Crippen LogP contribution in [0.3, 0.4) is 0 Å². The zero-order valence-electron chi connectivity index (χ0n) is 7.01. The fraction of sp³-hybridized carbons (Fsp3) is 0.250. The topological polar surface area (TPSA) is 56.0 Å². The van der Waals surface area contributed by atoms with Crippen molar-refractivity contribution in [2.45, 2.75) is 13.0 Å². The second-order valence-corrected chi connectivity index (χ2v) is 2.54. The highest BCUT2D eigenvalue weighted by Crippen LogP contribution is 2.22. The fourth-order valence-corrected chi connectivity index (χ4v) is 0.998. The largest absolute Gasteiger partial charge is 0.326 e. The van der Waals surface area contributed by atoms with Crippen molar-refractivity contribution in [1.29, 1.82) is 0 Å². The molecule has 0 unspecified atom stereocenters. The minimum atomic E-state index is -2.90. The average Bonchev–Trinajstić information content (AvgIpc) is 2.17. The Hall–Kier alpha value is -1.43. The van der Waals surface area contributed by atoms with Crippen molar-refractivity contribution in [3.63, 3.8) is 0 Å². The molecule has 1 rings (SSSR count). The van der Waals surface area contributed by atoms with Gasteiger partial charge in [-0.3, -0.25) is 4.79 Å². The van der Waals surface area contributed by atoms with E-state index in [9.17, 15) is 18.0 Å². The number of alkyl halides is 2. The molecular weight excluding hydrogens is 197 g/mol. The summed E-state index contributed by atoms with van der Waals surface area (Å²) >= 11 is 0. The Kier molecular flexibility index (Phi) is 3.19. The van der Waals surface area contributed by atoms with Crippen molar-refractivity contribution in [2.24, 2.45) is 5.73 Å². The van der Waals surface area contributed by atoms with Gasteiger partial charge in [-0.25, -0.2) is 13.8 Å². The summed E-state index contributed by atoms with van der Waals surface area (Å²) in [4.78, 5) is 13.3. The molecule has 1 heterocycles. The van der Waals surface area contributed by atoms with Crippen molar-refractivity contribution >= 4 is 6.29 Å². The molecule has 0 amide bonds. The van der Waals surface area contributed by atoms with E-state index < -0.39 is 18.1 Å². The lowest BCUT2D eigenvalue weighted by molar-refractivity contribution is 0.111. The normalized spacial score (nSPS) is 10.6. The third-order valence-corrected chi connectivity index (χ3v) is 1.67. The fourth-order valence-electron chi connectivity index (χ4n) is 0.998. The van der Waals surface area contributed by atoms with Gasteiger partial charge in [0.1, 0.15) is 5.69 Å². The molecule has 0 radical (unpaired) electrons. The highest BCUT2D eigenvalue weighted by Gasteiger charge is 2.17. The van der Waals surface area contributed by atoms with Gasteiger partial charge in [0.2, 0.25) is 5.95 Å². The molecule has 14 heavy (non-hydrogen) atoms. The summed E-state index contributed by atoms with van der Waals surface area (Å²) in [5, 5.41) is 0. The summed E-state index contributed by atoms with van der Waals surface area (Å²) in [7, 11) is 0. The van der Waals surface area contributed by atoms with E-state index in [1.54, 1.807) is 0 Å². The Balaban J connectivity index is 3.31. The molecule has 0 aliphatic carbocycles. The molecule has 2 N–H and O–H groups in total. The van der Waals surface area contributed by atoms with Crippen LogP contribution in [-0.2, 0) is 6.54 Å². The number of pyridine rings is 1. The Morgan fingerprint density at radius 2 is 2.21 bits per heavy atom. The van der Waals surface area contributed by atoms with Crippen LogP contribution in [0.25, 0.3) is 0 Å². The predicted octanol–water partition coefficient (Wildman–Crippen LogP) is 1.43. The van der Waals surface area contributed by atoms with Gasteiger partial charge >= 0.3 is 0 Å². The Morgan fingerprint density at radius 1 is 1.57 bits per heavy atom. The maximum Gasteiger partial charge on any atom is 0.280 e. The number of aromatic nitrogens is 1. The summed E-state index contributed by atoms with van der Waals surface area (Å²) in [5.74, 6) is -1.20. The molecule has 0 bridgehead atoms. The summed E-state index contributed by atoms with van der Waals surface area (Å²) in [6, 6.07) is 0.983. The molecule has 0 aliphatic heterocycles. The second-order valence-electron chi connectivity index (χ2n) is 2.54. The first kappa shape index (κ1) is 10.6. The molecule has 0 saturated carbocycles. The van der Waals surface area contributed by atoms with Gasteiger partial charge in [0.15, 0.2) is 6.29 Å². The number of hydrogen-bond donors (Lipinski definition) is 1. The van der Waals surface area contributed by atoms with Crippen LogP contribution in [-0.4, -0.2) is 11.3 Å². The van der Waals surface area contributed by atoms with Gasteiger partial charge in [-0.15, -0.1) is 0 Å². The summed E-state index contributed by atoms with van der Waals surface area (Å²) in [6.45, 7) is -0.214. The van der Waals surface area contributed by atoms with Crippen molar-refractivity contribution in [2.75, 3.05) is 0 Å². The van der Waals surface area contributed by atoms with E-state index in [2.05, 4.69) is 4.98 Å². The molecule has 0 atom stereocenters. The molecule has 0 saturated heterocycles. The van der Waals surface area contributed by atoms with E-state index in [-0.39, 0.29) is 24.0 Å². The maximum absolute atomic E-state index is 12.8. The number of halogens is 3. The van der Waals surface area contributed by atoms with Gasteiger partial charge in [-0.05, 0) is 11.6 Å². The quantitative estimate of drug-likeness (QED) is 0.598. The van der Waals surface area contributed by atoms with Gasteiger partial charge in [0.25, 0.3) is 6.43 Å². The molecule has 3 nitrogen and oxygen atoms in total. The van der Waals surface area contributed by atoms with E-state index >= 15 is 0 Å². The third-order valence-electron chi connectivity index (χ3n) is 1.67. The number of carbonyl (C=O) groups is 1. The highest BCUT2D eigenvalue weighted by molar-refractivity contribution is 5.75. The molecule has 1 aromatic rings. The molecular formula is C8H7F3N2O. The summed E-state index contributed by atoms with van der Waals surface area (Å²) in [5.41, 5.74) is 4.05. The van der Waals surface area contributed by atoms with Crippen LogP contribution < -0.4 is 5.73 Å². The Morgan fingerprint density at radius 3 is 2.64 bits per heavy atom. The van der Waals surface area contributed by atoms with E-state index in [1.165, 1.54) is 0 Å². The van der Waals surface area contributed by atoms with Crippen LogP contribution in [0.4, 0.5) is 13.2 Å². The van der Waals surface area contributed by atoms with Crippen molar-refractivity contribution in [3.8, 4) is 0 Å². The Bertz CT molecular complexity index is 355. The molecule has 0 aliphatic rings. The monoisotopic (exact) mass is 204 g/mol. The first-order chi connectivity index (χ1) is 6.60. The second kappa shape index (κ2) is 4.19. The Labute approximate surface area is 77.7 Å². The average molecular weight is 204 g/mol. The van der Waals surface area contributed by atoms with Gasteiger partial charge in [-0.2, -0.15) is 4.39 Å². The molecule has 0 spiro atoms. The molecule has 0 fully saturated rings. The van der Waals surface area contributed by atoms with Crippen molar-refractivity contribution in [3.05, 3.63) is 28.8 Å². The highest BCUT2D eigenvalue weighted by atomic mass is 19.3.